The average molecular weight is 458 g/mol. The Hall–Kier alpha value is -4.73. The van der Waals surface area contributed by atoms with Gasteiger partial charge in [0.05, 0.1) is 6.21 Å². The highest BCUT2D eigenvalue weighted by Crippen LogP contribution is 2.27. The molecule has 1 heterocycles. The van der Waals surface area contributed by atoms with Crippen LogP contribution in [0.4, 0.5) is 5.82 Å². The molecule has 1 atom stereocenters. The molecule has 10 heteroatoms. The van der Waals surface area contributed by atoms with E-state index in [0.717, 1.165) is 16.3 Å². The maximum Gasteiger partial charge on any atom is 0.342 e. The minimum absolute atomic E-state index is 0.183. The molecular weight excluding hydrogens is 436 g/mol. The molecule has 34 heavy (non-hydrogen) atoms. The summed E-state index contributed by atoms with van der Waals surface area (Å²) in [7, 11) is 0. The molecule has 0 saturated heterocycles. The Morgan fingerprint density at radius 3 is 2.65 bits per heavy atom. The van der Waals surface area contributed by atoms with E-state index in [4.69, 9.17) is 4.74 Å². The topological polar surface area (TPSA) is 141 Å². The standard InChI is InChI=1S/C24H22N6O4/c1-15(26-21-23(32)27-24(33)30-28-21)22(31)29-25-13-19-18-10-6-5-9-17(18)11-12-20(19)34-14-16-7-3-2-4-8-16/h2-13,15H,14H2,1H3,(H,26,28)(H,29,31)(H2,27,30,32,33)/b25-13+. The van der Waals surface area contributed by atoms with Gasteiger partial charge in [0.1, 0.15) is 18.4 Å². The number of H-pyrrole nitrogens is 2. The van der Waals surface area contributed by atoms with Crippen molar-refractivity contribution in [2.24, 2.45) is 5.10 Å². The van der Waals surface area contributed by atoms with Crippen LogP contribution in [0.5, 0.6) is 5.75 Å². The van der Waals surface area contributed by atoms with Gasteiger partial charge in [-0.3, -0.25) is 14.6 Å². The second-order valence-corrected chi connectivity index (χ2v) is 7.43. The summed E-state index contributed by atoms with van der Waals surface area (Å²) in [6.07, 6.45) is 1.53. The van der Waals surface area contributed by atoms with Crippen LogP contribution in [0, 0.1) is 0 Å². The van der Waals surface area contributed by atoms with Gasteiger partial charge in [-0.1, -0.05) is 60.7 Å². The Bertz CT molecular complexity index is 1450. The third kappa shape index (κ3) is 5.36. The highest BCUT2D eigenvalue weighted by atomic mass is 16.5. The van der Waals surface area contributed by atoms with Crippen LogP contribution in [0.2, 0.25) is 0 Å². The molecule has 0 aliphatic heterocycles. The summed E-state index contributed by atoms with van der Waals surface area (Å²) in [6, 6.07) is 20.6. The summed E-state index contributed by atoms with van der Waals surface area (Å²) < 4.78 is 6.05. The van der Waals surface area contributed by atoms with E-state index in [0.29, 0.717) is 17.9 Å². The zero-order chi connectivity index (χ0) is 23.9. The van der Waals surface area contributed by atoms with Gasteiger partial charge in [-0.25, -0.2) is 15.3 Å². The van der Waals surface area contributed by atoms with Gasteiger partial charge in [0.2, 0.25) is 5.82 Å². The number of anilines is 1. The van der Waals surface area contributed by atoms with Crippen molar-refractivity contribution in [2.45, 2.75) is 19.6 Å². The van der Waals surface area contributed by atoms with Crippen molar-refractivity contribution in [3.63, 3.8) is 0 Å². The van der Waals surface area contributed by atoms with Crippen molar-refractivity contribution in [1.29, 1.82) is 0 Å². The number of fused-ring (bicyclic) bond motifs is 1. The summed E-state index contributed by atoms with van der Waals surface area (Å²) in [6.45, 7) is 1.91. The zero-order valence-electron chi connectivity index (χ0n) is 18.2. The molecule has 1 aromatic heterocycles. The second-order valence-electron chi connectivity index (χ2n) is 7.43. The van der Waals surface area contributed by atoms with E-state index in [1.54, 1.807) is 0 Å². The van der Waals surface area contributed by atoms with Gasteiger partial charge in [0, 0.05) is 5.56 Å². The molecular formula is C24H22N6O4. The first kappa shape index (κ1) is 22.5. The van der Waals surface area contributed by atoms with Gasteiger partial charge in [-0.15, -0.1) is 5.10 Å². The van der Waals surface area contributed by atoms with Crippen LogP contribution in [0.1, 0.15) is 18.1 Å². The van der Waals surface area contributed by atoms with Crippen LogP contribution < -0.4 is 26.7 Å². The van der Waals surface area contributed by atoms with Crippen molar-refractivity contribution < 1.29 is 9.53 Å². The SMILES string of the molecule is CC(Nc1n[nH]c(=O)[nH]c1=O)C(=O)N/N=C/c1c(OCc2ccccc2)ccc2ccccc12. The third-order valence-corrected chi connectivity index (χ3v) is 4.99. The Labute approximate surface area is 193 Å². The van der Waals surface area contributed by atoms with Crippen LogP contribution in [0.3, 0.4) is 0 Å². The molecule has 3 aromatic carbocycles. The van der Waals surface area contributed by atoms with Gasteiger partial charge in [0.25, 0.3) is 11.5 Å². The molecule has 1 unspecified atom stereocenters. The Morgan fingerprint density at radius 1 is 1.09 bits per heavy atom. The van der Waals surface area contributed by atoms with E-state index >= 15 is 0 Å². The smallest absolute Gasteiger partial charge is 0.342 e. The Kier molecular flexibility index (Phi) is 6.78. The van der Waals surface area contributed by atoms with E-state index < -0.39 is 23.2 Å². The fraction of sp³-hybridized carbons (Fsp3) is 0.125. The minimum atomic E-state index is -0.849. The summed E-state index contributed by atoms with van der Waals surface area (Å²) >= 11 is 0. The van der Waals surface area contributed by atoms with Crippen LogP contribution in [-0.4, -0.2) is 33.3 Å². The monoisotopic (exact) mass is 458 g/mol. The number of carbonyl (C=O) groups is 1. The molecule has 172 valence electrons. The molecule has 0 fully saturated rings. The fourth-order valence-electron chi connectivity index (χ4n) is 3.24. The third-order valence-electron chi connectivity index (χ3n) is 4.99. The number of nitrogens with one attached hydrogen (secondary N) is 4. The van der Waals surface area contributed by atoms with Crippen molar-refractivity contribution >= 4 is 28.7 Å². The molecule has 4 aromatic rings. The number of aromatic amines is 2. The maximum atomic E-state index is 12.4. The molecule has 4 rings (SSSR count). The number of ether oxygens (including phenoxy) is 1. The summed E-state index contributed by atoms with van der Waals surface area (Å²) in [4.78, 5) is 37.3. The Balaban J connectivity index is 1.50. The number of hydrogen-bond acceptors (Lipinski definition) is 7. The van der Waals surface area contributed by atoms with Gasteiger partial charge >= 0.3 is 5.69 Å². The predicted octanol–water partition coefficient (Wildman–Crippen LogP) is 2.14. The molecule has 10 nitrogen and oxygen atoms in total. The predicted molar refractivity (Wildman–Crippen MR) is 129 cm³/mol. The van der Waals surface area contributed by atoms with Crippen molar-refractivity contribution in [1.82, 2.24) is 20.6 Å². The first-order valence-corrected chi connectivity index (χ1v) is 10.5. The molecule has 0 bridgehead atoms. The van der Waals surface area contributed by atoms with Crippen molar-refractivity contribution in [2.75, 3.05) is 5.32 Å². The van der Waals surface area contributed by atoms with Crippen molar-refractivity contribution in [3.05, 3.63) is 98.7 Å². The first-order chi connectivity index (χ1) is 16.5. The van der Waals surface area contributed by atoms with E-state index in [9.17, 15) is 14.4 Å². The van der Waals surface area contributed by atoms with E-state index in [1.165, 1.54) is 13.1 Å². The fourth-order valence-corrected chi connectivity index (χ4v) is 3.24. The first-order valence-electron chi connectivity index (χ1n) is 10.5. The van der Waals surface area contributed by atoms with Gasteiger partial charge in [0.15, 0.2) is 0 Å². The number of nitrogens with zero attached hydrogens (tertiary/aromatic N) is 2. The molecule has 0 radical (unpaired) electrons. The quantitative estimate of drug-likeness (QED) is 0.235. The zero-order valence-corrected chi connectivity index (χ0v) is 18.2. The molecule has 4 N–H and O–H groups in total. The number of hydrazone groups is 1. The number of carbonyl (C=O) groups excluding carboxylic acids is 1. The van der Waals surface area contributed by atoms with Crippen LogP contribution in [0.15, 0.2) is 81.4 Å². The number of amides is 1. The number of rotatable bonds is 8. The lowest BCUT2D eigenvalue weighted by Crippen LogP contribution is -2.38. The highest BCUT2D eigenvalue weighted by molar-refractivity contribution is 6.02. The summed E-state index contributed by atoms with van der Waals surface area (Å²) in [5, 5.41) is 14.3. The molecule has 0 spiro atoms. The van der Waals surface area contributed by atoms with Gasteiger partial charge in [-0.2, -0.15) is 5.10 Å². The lowest BCUT2D eigenvalue weighted by molar-refractivity contribution is -0.121. The normalized spacial score (nSPS) is 11.9. The van der Waals surface area contributed by atoms with Gasteiger partial charge < -0.3 is 10.1 Å². The van der Waals surface area contributed by atoms with Crippen LogP contribution in [0.25, 0.3) is 10.8 Å². The number of benzene rings is 3. The largest absolute Gasteiger partial charge is 0.488 e. The van der Waals surface area contributed by atoms with E-state index in [1.807, 2.05) is 71.7 Å². The lowest BCUT2D eigenvalue weighted by atomic mass is 10.0. The lowest BCUT2D eigenvalue weighted by Gasteiger charge is -2.13. The van der Waals surface area contributed by atoms with Gasteiger partial charge in [-0.05, 0) is 29.3 Å². The van der Waals surface area contributed by atoms with Crippen molar-refractivity contribution in [3.8, 4) is 5.75 Å². The number of hydrogen-bond donors (Lipinski definition) is 4. The maximum absolute atomic E-state index is 12.4. The number of aromatic nitrogens is 3. The highest BCUT2D eigenvalue weighted by Gasteiger charge is 2.15. The summed E-state index contributed by atoms with van der Waals surface area (Å²) in [5.74, 6) is -0.0665. The van der Waals surface area contributed by atoms with E-state index in [2.05, 4.69) is 26.0 Å². The molecule has 0 saturated carbocycles. The van der Waals surface area contributed by atoms with Crippen LogP contribution >= 0.6 is 0 Å². The van der Waals surface area contributed by atoms with Crippen LogP contribution in [-0.2, 0) is 11.4 Å². The average Bonchev–Trinajstić information content (AvgIpc) is 2.85. The summed E-state index contributed by atoms with van der Waals surface area (Å²) in [5.41, 5.74) is 2.72. The van der Waals surface area contributed by atoms with E-state index in [-0.39, 0.29) is 5.82 Å². The second kappa shape index (κ2) is 10.3. The Morgan fingerprint density at radius 2 is 1.85 bits per heavy atom. The molecule has 1 amide bonds. The molecule has 0 aliphatic carbocycles. The molecule has 0 aliphatic rings. The minimum Gasteiger partial charge on any atom is -0.488 e.